The monoisotopic (exact) mass is 278 g/mol. The molecule has 0 bridgehead atoms. The third kappa shape index (κ3) is 3.98. The maximum absolute atomic E-state index is 11.5. The number of fused-ring (bicyclic) bond motifs is 1. The molecule has 1 atom stereocenters. The molecule has 0 saturated heterocycles. The van der Waals surface area contributed by atoms with Gasteiger partial charge < -0.3 is 5.32 Å². The fourth-order valence-electron chi connectivity index (χ4n) is 2.48. The molecule has 4 heteroatoms. The van der Waals surface area contributed by atoms with Gasteiger partial charge in [-0.3, -0.25) is 9.69 Å². The number of rotatable bonds is 6. The number of amides is 1. The third-order valence-corrected chi connectivity index (χ3v) is 4.66. The predicted octanol–water partition coefficient (Wildman–Crippen LogP) is 2.16. The van der Waals surface area contributed by atoms with Crippen LogP contribution >= 0.6 is 11.8 Å². The van der Waals surface area contributed by atoms with Gasteiger partial charge in [0.15, 0.2) is 0 Å². The lowest BCUT2D eigenvalue weighted by Gasteiger charge is -2.23. The molecular formula is C15H22N2OS. The van der Waals surface area contributed by atoms with Gasteiger partial charge in [0.25, 0.3) is 0 Å². The van der Waals surface area contributed by atoms with Crippen LogP contribution in [0.3, 0.4) is 0 Å². The molecule has 0 spiro atoms. The Labute approximate surface area is 119 Å². The Balaban J connectivity index is 1.91. The van der Waals surface area contributed by atoms with E-state index < -0.39 is 0 Å². The first kappa shape index (κ1) is 14.4. The van der Waals surface area contributed by atoms with E-state index in [9.17, 15) is 4.79 Å². The fourth-order valence-corrected chi connectivity index (χ4v) is 3.84. The zero-order chi connectivity index (χ0) is 13.7. The van der Waals surface area contributed by atoms with Gasteiger partial charge in [-0.05, 0) is 31.0 Å². The first-order valence-electron chi connectivity index (χ1n) is 6.90. The topological polar surface area (TPSA) is 32.3 Å². The van der Waals surface area contributed by atoms with E-state index in [0.29, 0.717) is 11.8 Å². The SMILES string of the molecule is CCCN(CC(=O)NC)CC1Cc2ccccc2S1. The number of carbonyl (C=O) groups is 1. The smallest absolute Gasteiger partial charge is 0.233 e. The molecule has 1 N–H and O–H groups in total. The molecule has 104 valence electrons. The molecule has 0 fully saturated rings. The lowest BCUT2D eigenvalue weighted by molar-refractivity contribution is -0.121. The first-order chi connectivity index (χ1) is 9.22. The van der Waals surface area contributed by atoms with Crippen molar-refractivity contribution in [3.63, 3.8) is 0 Å². The van der Waals surface area contributed by atoms with Crippen molar-refractivity contribution in [1.29, 1.82) is 0 Å². The Morgan fingerprint density at radius 2 is 2.26 bits per heavy atom. The molecule has 3 nitrogen and oxygen atoms in total. The molecule has 1 aromatic carbocycles. The standard InChI is InChI=1S/C15H22N2OS/c1-3-8-17(11-15(18)16-2)10-13-9-12-6-4-5-7-14(12)19-13/h4-7,13H,3,8-11H2,1-2H3,(H,16,18). The number of thioether (sulfide) groups is 1. The first-order valence-corrected chi connectivity index (χ1v) is 7.78. The van der Waals surface area contributed by atoms with Crippen LogP contribution in [0.4, 0.5) is 0 Å². The van der Waals surface area contributed by atoms with Gasteiger partial charge in [-0.2, -0.15) is 0 Å². The molecule has 19 heavy (non-hydrogen) atoms. The number of nitrogens with zero attached hydrogens (tertiary/aromatic N) is 1. The van der Waals surface area contributed by atoms with Crippen LogP contribution in [-0.2, 0) is 11.2 Å². The van der Waals surface area contributed by atoms with Crippen LogP contribution < -0.4 is 5.32 Å². The summed E-state index contributed by atoms with van der Waals surface area (Å²) in [6.07, 6.45) is 2.20. The van der Waals surface area contributed by atoms with Crippen molar-refractivity contribution in [2.24, 2.45) is 0 Å². The Bertz CT molecular complexity index is 411. The molecule has 1 aromatic rings. The summed E-state index contributed by atoms with van der Waals surface area (Å²) in [6, 6.07) is 8.62. The van der Waals surface area contributed by atoms with Gasteiger partial charge in [-0.15, -0.1) is 11.8 Å². The molecule has 1 aliphatic heterocycles. The minimum absolute atomic E-state index is 0.106. The zero-order valence-corrected chi connectivity index (χ0v) is 12.5. The second kappa shape index (κ2) is 6.96. The second-order valence-corrected chi connectivity index (χ2v) is 6.30. The third-order valence-electron chi connectivity index (χ3n) is 3.36. The summed E-state index contributed by atoms with van der Waals surface area (Å²) >= 11 is 1.95. The van der Waals surface area contributed by atoms with Crippen molar-refractivity contribution in [2.45, 2.75) is 29.9 Å². The van der Waals surface area contributed by atoms with E-state index in [-0.39, 0.29) is 5.91 Å². The quantitative estimate of drug-likeness (QED) is 0.865. The van der Waals surface area contributed by atoms with E-state index in [1.54, 1.807) is 7.05 Å². The minimum atomic E-state index is 0.106. The summed E-state index contributed by atoms with van der Waals surface area (Å²) in [6.45, 7) is 4.65. The van der Waals surface area contributed by atoms with E-state index in [1.807, 2.05) is 11.8 Å². The highest BCUT2D eigenvalue weighted by atomic mass is 32.2. The van der Waals surface area contributed by atoms with Gasteiger partial charge in [0.1, 0.15) is 0 Å². The second-order valence-electron chi connectivity index (χ2n) is 4.96. The highest BCUT2D eigenvalue weighted by Gasteiger charge is 2.24. The van der Waals surface area contributed by atoms with Crippen molar-refractivity contribution in [3.8, 4) is 0 Å². The minimum Gasteiger partial charge on any atom is -0.358 e. The number of hydrogen-bond acceptors (Lipinski definition) is 3. The molecule has 1 heterocycles. The van der Waals surface area contributed by atoms with Crippen LogP contribution in [0.5, 0.6) is 0 Å². The van der Waals surface area contributed by atoms with Crippen LogP contribution in [-0.4, -0.2) is 42.7 Å². The van der Waals surface area contributed by atoms with Gasteiger partial charge in [-0.25, -0.2) is 0 Å². The molecule has 0 aromatic heterocycles. The van der Waals surface area contributed by atoms with Gasteiger partial charge in [0.2, 0.25) is 5.91 Å². The lowest BCUT2D eigenvalue weighted by Crippen LogP contribution is -2.39. The Morgan fingerprint density at radius 1 is 1.47 bits per heavy atom. The van der Waals surface area contributed by atoms with Crippen LogP contribution in [0.1, 0.15) is 18.9 Å². The Hall–Kier alpha value is -1.00. The van der Waals surface area contributed by atoms with Crippen molar-refractivity contribution in [3.05, 3.63) is 29.8 Å². The molecule has 0 radical (unpaired) electrons. The molecule has 2 rings (SSSR count). The van der Waals surface area contributed by atoms with Crippen LogP contribution in [0, 0.1) is 0 Å². The largest absolute Gasteiger partial charge is 0.358 e. The summed E-state index contributed by atoms with van der Waals surface area (Å²) < 4.78 is 0. The number of nitrogens with one attached hydrogen (secondary N) is 1. The Morgan fingerprint density at radius 3 is 2.95 bits per heavy atom. The predicted molar refractivity (Wildman–Crippen MR) is 80.6 cm³/mol. The average molecular weight is 278 g/mol. The highest BCUT2D eigenvalue weighted by Crippen LogP contribution is 2.36. The molecule has 0 saturated carbocycles. The zero-order valence-electron chi connectivity index (χ0n) is 11.7. The normalized spacial score (nSPS) is 17.5. The maximum atomic E-state index is 11.5. The fraction of sp³-hybridized carbons (Fsp3) is 0.533. The molecule has 1 aliphatic rings. The van der Waals surface area contributed by atoms with E-state index in [0.717, 1.165) is 25.9 Å². The van der Waals surface area contributed by atoms with Gasteiger partial charge in [-0.1, -0.05) is 25.1 Å². The van der Waals surface area contributed by atoms with Crippen molar-refractivity contribution in [2.75, 3.05) is 26.7 Å². The number of hydrogen-bond donors (Lipinski definition) is 1. The summed E-state index contributed by atoms with van der Waals surface area (Å²) in [5.74, 6) is 0.106. The van der Waals surface area contributed by atoms with Gasteiger partial charge in [0.05, 0.1) is 6.54 Å². The summed E-state index contributed by atoms with van der Waals surface area (Å²) in [4.78, 5) is 15.2. The van der Waals surface area contributed by atoms with E-state index in [1.165, 1.54) is 10.5 Å². The highest BCUT2D eigenvalue weighted by molar-refractivity contribution is 8.00. The molecule has 1 amide bonds. The number of carbonyl (C=O) groups excluding carboxylic acids is 1. The molecular weight excluding hydrogens is 256 g/mol. The molecule has 1 unspecified atom stereocenters. The average Bonchev–Trinajstić information content (AvgIpc) is 2.80. The summed E-state index contributed by atoms with van der Waals surface area (Å²) in [5, 5.41) is 3.29. The number of likely N-dealkylation sites (N-methyl/N-ethyl adjacent to an activating group) is 1. The van der Waals surface area contributed by atoms with Crippen molar-refractivity contribution in [1.82, 2.24) is 10.2 Å². The van der Waals surface area contributed by atoms with E-state index in [2.05, 4.69) is 41.4 Å². The van der Waals surface area contributed by atoms with E-state index in [4.69, 9.17) is 0 Å². The summed E-state index contributed by atoms with van der Waals surface area (Å²) in [7, 11) is 1.70. The van der Waals surface area contributed by atoms with Crippen LogP contribution in [0.25, 0.3) is 0 Å². The van der Waals surface area contributed by atoms with Crippen LogP contribution in [0.15, 0.2) is 29.2 Å². The maximum Gasteiger partial charge on any atom is 0.233 e. The van der Waals surface area contributed by atoms with Gasteiger partial charge in [0, 0.05) is 23.7 Å². The lowest BCUT2D eigenvalue weighted by atomic mass is 10.1. The van der Waals surface area contributed by atoms with Crippen LogP contribution in [0.2, 0.25) is 0 Å². The number of benzene rings is 1. The molecule has 0 aliphatic carbocycles. The van der Waals surface area contributed by atoms with Gasteiger partial charge >= 0.3 is 0 Å². The van der Waals surface area contributed by atoms with Crippen molar-refractivity contribution < 1.29 is 4.79 Å². The van der Waals surface area contributed by atoms with Crippen molar-refractivity contribution >= 4 is 17.7 Å². The Kier molecular flexibility index (Phi) is 5.28. The summed E-state index contributed by atoms with van der Waals surface area (Å²) in [5.41, 5.74) is 1.45. The van der Waals surface area contributed by atoms with E-state index >= 15 is 0 Å².